The second-order valence-corrected chi connectivity index (χ2v) is 7.73. The van der Waals surface area contributed by atoms with E-state index in [0.29, 0.717) is 22.6 Å². The Labute approximate surface area is 197 Å². The van der Waals surface area contributed by atoms with Crippen molar-refractivity contribution in [3.05, 3.63) is 77.1 Å². The number of aromatic nitrogens is 5. The number of nitrogens with one attached hydrogen (secondary N) is 1. The first-order valence-electron chi connectivity index (χ1n) is 9.79. The molecule has 13 heteroatoms. The van der Waals surface area contributed by atoms with E-state index in [-0.39, 0.29) is 17.3 Å². The first-order chi connectivity index (χ1) is 16.6. The number of nitrogens with two attached hydrogens (primary N) is 1. The number of rotatable bonds is 8. The van der Waals surface area contributed by atoms with Crippen LogP contribution in [0.4, 0.5) is 5.82 Å². The van der Waals surface area contributed by atoms with E-state index in [1.807, 2.05) is 30.3 Å². The number of carbonyl (C=O) groups excluding carboxylic acids is 2. The minimum atomic E-state index is -0.577. The number of amides is 1. The van der Waals surface area contributed by atoms with Crippen LogP contribution in [0, 0.1) is 0 Å². The second-order valence-electron chi connectivity index (χ2n) is 6.68. The van der Waals surface area contributed by atoms with Gasteiger partial charge in [0, 0.05) is 10.6 Å². The van der Waals surface area contributed by atoms with Gasteiger partial charge in [0.2, 0.25) is 11.6 Å². The van der Waals surface area contributed by atoms with Gasteiger partial charge >= 0.3 is 5.97 Å². The molecule has 1 amide bonds. The predicted molar refractivity (Wildman–Crippen MR) is 122 cm³/mol. The highest BCUT2D eigenvalue weighted by molar-refractivity contribution is 7.98. The van der Waals surface area contributed by atoms with Crippen LogP contribution in [0.5, 0.6) is 0 Å². The zero-order chi connectivity index (χ0) is 23.9. The number of anilines is 1. The largest absolute Gasteiger partial charge is 0.465 e. The predicted octanol–water partition coefficient (Wildman–Crippen LogP) is 2.08. The summed E-state index contributed by atoms with van der Waals surface area (Å²) in [6.07, 6.45) is 1.43. The van der Waals surface area contributed by atoms with Gasteiger partial charge in [-0.25, -0.2) is 14.8 Å². The van der Waals surface area contributed by atoms with Crippen molar-refractivity contribution in [1.29, 1.82) is 0 Å². The average Bonchev–Trinajstić information content (AvgIpc) is 3.48. The van der Waals surface area contributed by atoms with Crippen LogP contribution in [-0.2, 0) is 10.5 Å². The van der Waals surface area contributed by atoms with E-state index in [1.165, 1.54) is 29.8 Å². The van der Waals surface area contributed by atoms with Crippen LogP contribution in [0.2, 0.25) is 0 Å². The van der Waals surface area contributed by atoms with Crippen LogP contribution in [0.3, 0.4) is 0 Å². The van der Waals surface area contributed by atoms with E-state index in [0.717, 1.165) is 4.90 Å². The number of nitrogens with zero attached hydrogens (tertiary/aromatic N) is 6. The third kappa shape index (κ3) is 5.10. The monoisotopic (exact) mass is 478 g/mol. The minimum Gasteiger partial charge on any atom is -0.465 e. The number of thioether (sulfide) groups is 1. The maximum atomic E-state index is 12.8. The van der Waals surface area contributed by atoms with Gasteiger partial charge in [0.05, 0.1) is 24.6 Å². The normalized spacial score (nSPS) is 11.0. The number of hydrogen-bond acceptors (Lipinski definition) is 11. The Balaban J connectivity index is 1.52. The molecule has 0 aliphatic rings. The van der Waals surface area contributed by atoms with Crippen LogP contribution in [0.15, 0.2) is 69.2 Å². The van der Waals surface area contributed by atoms with Crippen molar-refractivity contribution in [1.82, 2.24) is 30.7 Å². The lowest BCUT2D eigenvalue weighted by Crippen LogP contribution is -2.20. The highest BCUT2D eigenvalue weighted by Gasteiger charge is 2.24. The molecule has 0 fully saturated rings. The zero-order valence-electron chi connectivity index (χ0n) is 17.8. The Morgan fingerprint density at radius 3 is 2.62 bits per heavy atom. The lowest BCUT2D eigenvalue weighted by molar-refractivity contribution is 0.0600. The van der Waals surface area contributed by atoms with E-state index >= 15 is 0 Å². The van der Waals surface area contributed by atoms with Crippen molar-refractivity contribution >= 4 is 35.7 Å². The molecular formula is C21H18N8O4S. The molecule has 0 bridgehead atoms. The SMILES string of the molecule is COC(=O)c1ccc(C=NNC(=O)c2nnn(-c3nonc3N)c2CSc2ccccc2)cc1. The number of benzene rings is 2. The Hall–Kier alpha value is -4.52. The molecular weight excluding hydrogens is 460 g/mol. The van der Waals surface area contributed by atoms with Crippen LogP contribution in [0.1, 0.15) is 32.1 Å². The molecule has 0 aliphatic heterocycles. The van der Waals surface area contributed by atoms with E-state index < -0.39 is 11.9 Å². The minimum absolute atomic E-state index is 0.0104. The number of ether oxygens (including phenoxy) is 1. The number of hydrogen-bond donors (Lipinski definition) is 2. The topological polar surface area (TPSA) is 163 Å². The molecule has 0 saturated heterocycles. The van der Waals surface area contributed by atoms with Gasteiger partial charge in [-0.1, -0.05) is 35.5 Å². The molecule has 0 spiro atoms. The summed E-state index contributed by atoms with van der Waals surface area (Å²) >= 11 is 1.48. The van der Waals surface area contributed by atoms with Crippen molar-refractivity contribution in [3.8, 4) is 5.82 Å². The van der Waals surface area contributed by atoms with E-state index in [9.17, 15) is 9.59 Å². The maximum Gasteiger partial charge on any atom is 0.337 e. The van der Waals surface area contributed by atoms with Crippen molar-refractivity contribution in [2.75, 3.05) is 12.8 Å². The number of carbonyl (C=O) groups is 2. The van der Waals surface area contributed by atoms with Crippen molar-refractivity contribution in [2.24, 2.45) is 5.10 Å². The van der Waals surface area contributed by atoms with Gasteiger partial charge in [-0.2, -0.15) is 9.78 Å². The zero-order valence-corrected chi connectivity index (χ0v) is 18.6. The van der Waals surface area contributed by atoms with Crippen LogP contribution >= 0.6 is 11.8 Å². The molecule has 0 saturated carbocycles. The fourth-order valence-corrected chi connectivity index (χ4v) is 3.74. The Morgan fingerprint density at radius 2 is 1.94 bits per heavy atom. The molecule has 34 heavy (non-hydrogen) atoms. The van der Waals surface area contributed by atoms with E-state index in [4.69, 9.17) is 5.73 Å². The molecule has 2 heterocycles. The number of esters is 1. The van der Waals surface area contributed by atoms with Crippen molar-refractivity contribution < 1.29 is 19.0 Å². The summed E-state index contributed by atoms with van der Waals surface area (Å²) in [7, 11) is 1.31. The molecule has 2 aromatic carbocycles. The molecule has 172 valence electrons. The first-order valence-corrected chi connectivity index (χ1v) is 10.8. The van der Waals surface area contributed by atoms with Gasteiger partial charge in [-0.05, 0) is 40.1 Å². The molecule has 12 nitrogen and oxygen atoms in total. The third-order valence-corrected chi connectivity index (χ3v) is 5.53. The number of nitrogen functional groups attached to an aromatic ring is 1. The second kappa shape index (κ2) is 10.4. The molecule has 3 N–H and O–H groups in total. The van der Waals surface area contributed by atoms with Gasteiger partial charge in [-0.15, -0.1) is 16.9 Å². The summed E-state index contributed by atoms with van der Waals surface area (Å²) in [6.45, 7) is 0. The fourth-order valence-electron chi connectivity index (χ4n) is 2.83. The lowest BCUT2D eigenvalue weighted by atomic mass is 10.1. The first kappa shape index (κ1) is 22.7. The smallest absolute Gasteiger partial charge is 0.337 e. The summed E-state index contributed by atoms with van der Waals surface area (Å²) in [4.78, 5) is 25.3. The Bertz CT molecular complexity index is 1320. The molecule has 0 radical (unpaired) electrons. The highest BCUT2D eigenvalue weighted by atomic mass is 32.2. The third-order valence-electron chi connectivity index (χ3n) is 4.50. The van der Waals surface area contributed by atoms with Gasteiger partial charge in [0.15, 0.2) is 5.69 Å². The van der Waals surface area contributed by atoms with Gasteiger partial charge < -0.3 is 10.5 Å². The summed E-state index contributed by atoms with van der Waals surface area (Å²) in [6, 6.07) is 16.2. The summed E-state index contributed by atoms with van der Waals surface area (Å²) < 4.78 is 10.6. The maximum absolute atomic E-state index is 12.8. The quantitative estimate of drug-likeness (QED) is 0.166. The average molecular weight is 478 g/mol. The molecule has 2 aromatic heterocycles. The lowest BCUT2D eigenvalue weighted by Gasteiger charge is -2.05. The van der Waals surface area contributed by atoms with Crippen LogP contribution in [-0.4, -0.2) is 50.5 Å². The summed E-state index contributed by atoms with van der Waals surface area (Å²) in [5, 5.41) is 19.3. The number of methoxy groups -OCH3 is 1. The summed E-state index contributed by atoms with van der Waals surface area (Å²) in [5.74, 6) is -0.540. The molecule has 4 aromatic rings. The van der Waals surface area contributed by atoms with E-state index in [1.54, 1.807) is 24.3 Å². The van der Waals surface area contributed by atoms with Crippen LogP contribution in [0.25, 0.3) is 5.82 Å². The molecule has 0 unspecified atom stereocenters. The molecule has 0 atom stereocenters. The van der Waals surface area contributed by atoms with Gasteiger partial charge in [0.1, 0.15) is 0 Å². The Kier molecular flexibility index (Phi) is 6.93. The van der Waals surface area contributed by atoms with Crippen molar-refractivity contribution in [3.63, 3.8) is 0 Å². The van der Waals surface area contributed by atoms with Gasteiger partial charge in [0.25, 0.3) is 5.91 Å². The molecule has 4 rings (SSSR count). The van der Waals surface area contributed by atoms with Crippen molar-refractivity contribution in [2.45, 2.75) is 10.6 Å². The highest BCUT2D eigenvalue weighted by Crippen LogP contribution is 2.25. The standard InChI is InChI=1S/C21H18N8O4S/c1-32-21(31)14-9-7-13(8-10-14)11-23-25-20(30)17-16(12-34-15-5-3-2-4-6-15)29(28-24-17)19-18(22)26-33-27-19/h2-11H,12H2,1H3,(H2,22,26)(H,25,30). The number of hydrazone groups is 1. The summed E-state index contributed by atoms with van der Waals surface area (Å²) in [5.41, 5.74) is 9.78. The fraction of sp³-hybridized carbons (Fsp3) is 0.0952. The van der Waals surface area contributed by atoms with E-state index in [2.05, 4.69) is 40.5 Å². The molecule has 0 aliphatic carbocycles. The Morgan fingerprint density at radius 1 is 1.18 bits per heavy atom. The van der Waals surface area contributed by atoms with Crippen LogP contribution < -0.4 is 11.2 Å². The van der Waals surface area contributed by atoms with Gasteiger partial charge in [-0.3, -0.25) is 4.79 Å².